The third-order valence-electron chi connectivity index (χ3n) is 4.88. The molecule has 198 valence electrons. The van der Waals surface area contributed by atoms with Gasteiger partial charge in [-0.05, 0) is 0 Å². The van der Waals surface area contributed by atoms with Crippen molar-refractivity contribution < 1.29 is 73.3 Å². The lowest BCUT2D eigenvalue weighted by Crippen LogP contribution is -2.61. The Morgan fingerprint density at radius 1 is 1.00 bits per heavy atom. The molecule has 15 nitrogen and oxygen atoms in total. The third kappa shape index (κ3) is 9.68. The molecule has 0 amide bonds. The maximum absolute atomic E-state index is 11.8. The van der Waals surface area contributed by atoms with Crippen molar-refractivity contribution in [1.29, 1.82) is 0 Å². The highest BCUT2D eigenvalue weighted by molar-refractivity contribution is 7.45. The molecule has 1 aliphatic heterocycles. The normalized spacial score (nSPS) is 32.1. The van der Waals surface area contributed by atoms with Crippen LogP contribution in [0.5, 0.6) is 0 Å². The van der Waals surface area contributed by atoms with Gasteiger partial charge in [0.25, 0.3) is 7.82 Å². The number of nitrogens with zero attached hydrogens (tertiary/aromatic N) is 1. The molecule has 0 aromatic carbocycles. The van der Waals surface area contributed by atoms with Gasteiger partial charge in [0.05, 0.1) is 41.0 Å². The molecule has 0 radical (unpaired) electrons. The molecule has 0 saturated carbocycles. The monoisotopic (exact) mass is 509 g/mol. The van der Waals surface area contributed by atoms with Crippen LogP contribution < -0.4 is 4.89 Å². The minimum atomic E-state index is -4.82. The number of aliphatic hydroxyl groups is 8. The van der Waals surface area contributed by atoms with E-state index in [1.807, 2.05) is 21.1 Å². The van der Waals surface area contributed by atoms with Gasteiger partial charge < -0.3 is 68.7 Å². The zero-order valence-electron chi connectivity index (χ0n) is 18.7. The average Bonchev–Trinajstić information content (AvgIpc) is 2.73. The number of aliphatic hydroxyl groups excluding tert-OH is 8. The maximum Gasteiger partial charge on any atom is 0.268 e. The quantitative estimate of drug-likeness (QED) is 0.0805. The molecule has 0 spiro atoms. The molecule has 0 bridgehead atoms. The first-order valence-electron chi connectivity index (χ1n) is 10.1. The van der Waals surface area contributed by atoms with Crippen LogP contribution in [0.1, 0.15) is 0 Å². The van der Waals surface area contributed by atoms with Gasteiger partial charge in [-0.1, -0.05) is 0 Å². The number of phosphoric acid groups is 1. The fourth-order valence-electron chi connectivity index (χ4n) is 2.76. The summed E-state index contributed by atoms with van der Waals surface area (Å²) in [5.74, 6) is 0. The maximum atomic E-state index is 11.8. The largest absolute Gasteiger partial charge is 0.756 e. The molecule has 0 aromatic heterocycles. The molecule has 0 aromatic rings. The second-order valence-corrected chi connectivity index (χ2v) is 10.1. The summed E-state index contributed by atoms with van der Waals surface area (Å²) in [6, 6.07) is 0. The van der Waals surface area contributed by atoms with Crippen molar-refractivity contribution in [3.05, 3.63) is 0 Å². The van der Waals surface area contributed by atoms with Crippen molar-refractivity contribution in [1.82, 2.24) is 0 Å². The lowest BCUT2D eigenvalue weighted by atomic mass is 9.99. The summed E-state index contributed by atoms with van der Waals surface area (Å²) < 4.78 is 31.6. The van der Waals surface area contributed by atoms with E-state index in [-0.39, 0.29) is 6.61 Å². The van der Waals surface area contributed by atoms with Gasteiger partial charge in [-0.25, -0.2) is 0 Å². The number of phosphoric ester groups is 1. The zero-order chi connectivity index (χ0) is 25.6. The van der Waals surface area contributed by atoms with Gasteiger partial charge in [-0.2, -0.15) is 0 Å². The summed E-state index contributed by atoms with van der Waals surface area (Å²) in [6.07, 6.45) is -16.1. The second-order valence-electron chi connectivity index (χ2n) is 8.69. The fraction of sp³-hybridized carbons (Fsp3) is 1.00. The van der Waals surface area contributed by atoms with Crippen LogP contribution in [0, 0.1) is 0 Å². The molecule has 10 atom stereocenters. The summed E-state index contributed by atoms with van der Waals surface area (Å²) in [6.45, 7) is -2.55. The Hall–Kier alpha value is -0.330. The van der Waals surface area contributed by atoms with Crippen molar-refractivity contribution in [2.24, 2.45) is 0 Å². The standard InChI is InChI=1S/C17H36NO14P/c1-18(2,3)4-5-29-33(27,28)30-8-9(21)12(22)13(23)10(6-19)31-17-16(26)15(25)14(24)11(7-20)32-17/h9-17,19-26H,4-8H2,1-3H3/t9-,10+,11+,12-,13-,14+,15-,16-,17+/m0/s1. The highest BCUT2D eigenvalue weighted by Crippen LogP contribution is 2.38. The van der Waals surface area contributed by atoms with Crippen molar-refractivity contribution in [3.63, 3.8) is 0 Å². The van der Waals surface area contributed by atoms with Gasteiger partial charge in [0.1, 0.15) is 62.0 Å². The summed E-state index contributed by atoms with van der Waals surface area (Å²) in [7, 11) is 0.617. The van der Waals surface area contributed by atoms with Crippen LogP contribution in [-0.2, 0) is 23.1 Å². The summed E-state index contributed by atoms with van der Waals surface area (Å²) in [5.41, 5.74) is 0. The van der Waals surface area contributed by atoms with Gasteiger partial charge >= 0.3 is 0 Å². The summed E-state index contributed by atoms with van der Waals surface area (Å²) >= 11 is 0. The van der Waals surface area contributed by atoms with Crippen LogP contribution >= 0.6 is 7.82 Å². The Balaban J connectivity index is 2.65. The lowest BCUT2D eigenvalue weighted by Gasteiger charge is -2.41. The fourth-order valence-corrected chi connectivity index (χ4v) is 3.48. The van der Waals surface area contributed by atoms with Crippen LogP contribution in [0.4, 0.5) is 0 Å². The SMILES string of the molecule is C[N+](C)(C)CCOP(=O)([O-])OC[C@H](O)[C@H](O)[C@@H](O)[C@@H](CO)O[C@@H]1O[C@H](CO)[C@@H](O)[C@H](O)[C@@H]1O. The zero-order valence-corrected chi connectivity index (χ0v) is 19.5. The highest BCUT2D eigenvalue weighted by atomic mass is 31.2. The van der Waals surface area contributed by atoms with Crippen LogP contribution in [-0.4, -0.2) is 155 Å². The molecule has 1 unspecified atom stereocenters. The van der Waals surface area contributed by atoms with E-state index in [1.54, 1.807) is 0 Å². The van der Waals surface area contributed by atoms with Crippen LogP contribution in [0.25, 0.3) is 0 Å². The highest BCUT2D eigenvalue weighted by Gasteiger charge is 2.46. The van der Waals surface area contributed by atoms with Crippen molar-refractivity contribution in [3.8, 4) is 0 Å². The molecular weight excluding hydrogens is 473 g/mol. The van der Waals surface area contributed by atoms with Crippen molar-refractivity contribution in [2.45, 2.75) is 55.1 Å². The Morgan fingerprint density at radius 2 is 1.61 bits per heavy atom. The average molecular weight is 509 g/mol. The van der Waals surface area contributed by atoms with Gasteiger partial charge in [-0.15, -0.1) is 0 Å². The summed E-state index contributed by atoms with van der Waals surface area (Å²) in [5, 5.41) is 78.5. The first-order valence-corrected chi connectivity index (χ1v) is 11.6. The topological polar surface area (TPSA) is 239 Å². The van der Waals surface area contributed by atoms with Gasteiger partial charge in [0.2, 0.25) is 0 Å². The first-order chi connectivity index (χ1) is 15.1. The van der Waals surface area contributed by atoms with Gasteiger partial charge in [0.15, 0.2) is 6.29 Å². The molecule has 33 heavy (non-hydrogen) atoms. The molecule has 1 saturated heterocycles. The lowest BCUT2D eigenvalue weighted by molar-refractivity contribution is -0.870. The Bertz CT molecular complexity index is 619. The second kappa shape index (κ2) is 13.1. The van der Waals surface area contributed by atoms with Crippen molar-refractivity contribution >= 4 is 7.82 Å². The van der Waals surface area contributed by atoms with E-state index in [0.717, 1.165) is 0 Å². The minimum Gasteiger partial charge on any atom is -0.756 e. The molecular formula is C17H36NO14P. The van der Waals surface area contributed by atoms with E-state index in [2.05, 4.69) is 9.05 Å². The molecule has 1 fully saturated rings. The summed E-state index contributed by atoms with van der Waals surface area (Å²) in [4.78, 5) is 11.8. The van der Waals surface area contributed by atoms with E-state index in [9.17, 15) is 50.3 Å². The predicted molar refractivity (Wildman–Crippen MR) is 106 cm³/mol. The third-order valence-corrected chi connectivity index (χ3v) is 5.84. The molecule has 0 aliphatic carbocycles. The first kappa shape index (κ1) is 30.7. The molecule has 16 heteroatoms. The number of rotatable bonds is 14. The number of quaternary nitrogens is 1. The van der Waals surface area contributed by atoms with Gasteiger partial charge in [0, 0.05) is 0 Å². The minimum absolute atomic E-state index is 0.189. The van der Waals surface area contributed by atoms with Crippen molar-refractivity contribution in [2.75, 3.05) is 54.1 Å². The molecule has 1 aliphatic rings. The number of hydrogen-bond acceptors (Lipinski definition) is 14. The number of likely N-dealkylation sites (N-methyl/N-ethyl adjacent to an activating group) is 1. The van der Waals surface area contributed by atoms with Crippen LogP contribution in [0.2, 0.25) is 0 Å². The van der Waals surface area contributed by atoms with E-state index in [0.29, 0.717) is 11.0 Å². The number of hydrogen-bond donors (Lipinski definition) is 8. The number of ether oxygens (including phenoxy) is 2. The van der Waals surface area contributed by atoms with E-state index in [4.69, 9.17) is 9.47 Å². The molecule has 1 rings (SSSR count). The molecule has 8 N–H and O–H groups in total. The van der Waals surface area contributed by atoms with E-state index >= 15 is 0 Å². The van der Waals surface area contributed by atoms with E-state index in [1.165, 1.54) is 0 Å². The van der Waals surface area contributed by atoms with Gasteiger partial charge in [-0.3, -0.25) is 4.57 Å². The predicted octanol–water partition coefficient (Wildman–Crippen LogP) is -5.55. The Labute approximate surface area is 191 Å². The smallest absolute Gasteiger partial charge is 0.268 e. The van der Waals surface area contributed by atoms with Crippen LogP contribution in [0.15, 0.2) is 0 Å². The molecule has 1 heterocycles. The van der Waals surface area contributed by atoms with Crippen LogP contribution in [0.3, 0.4) is 0 Å². The Kier molecular flexibility index (Phi) is 12.2. The van der Waals surface area contributed by atoms with E-state index < -0.39 is 82.8 Å². The Morgan fingerprint density at radius 3 is 2.12 bits per heavy atom.